The van der Waals surface area contributed by atoms with E-state index in [1.807, 2.05) is 49.4 Å². The number of amides is 2. The summed E-state index contributed by atoms with van der Waals surface area (Å²) in [7, 11) is 0. The number of nitrogens with zero attached hydrogens (tertiary/aromatic N) is 3. The Morgan fingerprint density at radius 2 is 1.94 bits per heavy atom. The van der Waals surface area contributed by atoms with E-state index in [4.69, 9.17) is 14.5 Å². The van der Waals surface area contributed by atoms with Crippen LogP contribution in [0.4, 0.5) is 5.69 Å². The number of aliphatic imine (C=N–C) groups is 1. The minimum Gasteiger partial charge on any atom is -0.494 e. The molecule has 0 radical (unpaired) electrons. The summed E-state index contributed by atoms with van der Waals surface area (Å²) in [5.74, 6) is 0.694. The maximum Gasteiger partial charge on any atom is 0.266 e. The molecule has 2 amide bonds. The average Bonchev–Trinajstić information content (AvgIpc) is 3.18. The Morgan fingerprint density at radius 3 is 2.71 bits per heavy atom. The van der Waals surface area contributed by atoms with Gasteiger partial charge in [0.15, 0.2) is 5.17 Å². The number of carbonyl (C=O) groups is 2. The van der Waals surface area contributed by atoms with Crippen molar-refractivity contribution < 1.29 is 19.1 Å². The number of benzene rings is 2. The Kier molecular flexibility index (Phi) is 8.60. The van der Waals surface area contributed by atoms with E-state index in [1.54, 1.807) is 21.9 Å². The van der Waals surface area contributed by atoms with Crippen molar-refractivity contribution in [2.45, 2.75) is 26.7 Å². The molecule has 0 saturated carbocycles. The van der Waals surface area contributed by atoms with Crippen molar-refractivity contribution in [3.05, 3.63) is 64.6 Å². The molecule has 2 heterocycles. The van der Waals surface area contributed by atoms with Crippen molar-refractivity contribution in [1.29, 1.82) is 0 Å². The molecule has 0 bridgehead atoms. The van der Waals surface area contributed by atoms with Crippen LogP contribution in [0, 0.1) is 0 Å². The Labute approximate surface area is 210 Å². The lowest BCUT2D eigenvalue weighted by molar-refractivity contribution is -0.122. The van der Waals surface area contributed by atoms with Crippen molar-refractivity contribution >= 4 is 40.5 Å². The lowest BCUT2D eigenvalue weighted by Crippen LogP contribution is -2.40. The first-order valence-corrected chi connectivity index (χ1v) is 12.9. The molecule has 0 unspecified atom stereocenters. The van der Waals surface area contributed by atoms with Crippen molar-refractivity contribution in [1.82, 2.24) is 9.80 Å². The number of hydrogen-bond donors (Lipinski definition) is 0. The molecule has 2 aliphatic heterocycles. The number of morpholine rings is 1. The first kappa shape index (κ1) is 25.0. The molecule has 0 spiro atoms. The van der Waals surface area contributed by atoms with Crippen LogP contribution in [0.5, 0.6) is 5.75 Å². The monoisotopic (exact) mass is 493 g/mol. The number of carbonyl (C=O) groups excluding carboxylic acids is 2. The van der Waals surface area contributed by atoms with Gasteiger partial charge in [-0.05, 0) is 67.1 Å². The van der Waals surface area contributed by atoms with Crippen LogP contribution >= 0.6 is 11.8 Å². The zero-order chi connectivity index (χ0) is 24.6. The summed E-state index contributed by atoms with van der Waals surface area (Å²) in [5, 5.41) is 0.607. The second-order valence-corrected chi connectivity index (χ2v) is 9.29. The standard InChI is InChI=1S/C27H31N3O4S/c1-3-5-14-34-23-11-6-8-20(17-23)18-24-26(32)30(4-2)27(35-24)28-22-10-7-9-21(19-22)25(31)29-12-15-33-16-13-29/h6-11,17-19H,3-5,12-16H2,1-2H3/b24-18+,28-27?. The van der Waals surface area contributed by atoms with Gasteiger partial charge < -0.3 is 14.4 Å². The smallest absolute Gasteiger partial charge is 0.266 e. The van der Waals surface area contributed by atoms with E-state index in [0.29, 0.717) is 60.8 Å². The van der Waals surface area contributed by atoms with E-state index in [0.717, 1.165) is 24.2 Å². The number of ether oxygens (including phenoxy) is 2. The van der Waals surface area contributed by atoms with Crippen LogP contribution in [0.2, 0.25) is 0 Å². The molecule has 8 heteroatoms. The number of amidine groups is 1. The fourth-order valence-electron chi connectivity index (χ4n) is 3.82. The lowest BCUT2D eigenvalue weighted by Gasteiger charge is -2.26. The van der Waals surface area contributed by atoms with Gasteiger partial charge in [-0.25, -0.2) is 4.99 Å². The predicted octanol–water partition coefficient (Wildman–Crippen LogP) is 4.96. The second-order valence-electron chi connectivity index (χ2n) is 8.28. The number of likely N-dealkylation sites (N-methyl/N-ethyl adjacent to an activating group) is 1. The minimum absolute atomic E-state index is 0.0283. The Bertz CT molecular complexity index is 1120. The summed E-state index contributed by atoms with van der Waals surface area (Å²) < 4.78 is 11.1. The van der Waals surface area contributed by atoms with Gasteiger partial charge in [-0.1, -0.05) is 31.5 Å². The second kappa shape index (κ2) is 12.0. The number of thioether (sulfide) groups is 1. The third kappa shape index (κ3) is 6.32. The zero-order valence-corrected chi connectivity index (χ0v) is 21.1. The summed E-state index contributed by atoms with van der Waals surface area (Å²) in [4.78, 5) is 34.7. The molecular weight excluding hydrogens is 462 g/mol. The van der Waals surface area contributed by atoms with Crippen molar-refractivity contribution in [2.24, 2.45) is 4.99 Å². The number of hydrogen-bond acceptors (Lipinski definition) is 6. The Hall–Kier alpha value is -3.10. The third-order valence-corrected chi connectivity index (χ3v) is 6.75. The summed E-state index contributed by atoms with van der Waals surface area (Å²) >= 11 is 1.35. The minimum atomic E-state index is -0.0749. The highest BCUT2D eigenvalue weighted by Gasteiger charge is 2.32. The first-order chi connectivity index (χ1) is 17.1. The molecule has 0 aromatic heterocycles. The molecule has 2 aliphatic rings. The molecule has 7 nitrogen and oxygen atoms in total. The summed E-state index contributed by atoms with van der Waals surface area (Å²) in [5.41, 5.74) is 2.14. The number of unbranched alkanes of at least 4 members (excludes halogenated alkanes) is 1. The molecule has 2 aromatic rings. The molecule has 2 saturated heterocycles. The maximum absolute atomic E-state index is 13.1. The first-order valence-electron chi connectivity index (χ1n) is 12.1. The molecular formula is C27H31N3O4S. The summed E-state index contributed by atoms with van der Waals surface area (Å²) in [6, 6.07) is 15.0. The Morgan fingerprint density at radius 1 is 1.14 bits per heavy atom. The van der Waals surface area contributed by atoms with Gasteiger partial charge in [0.1, 0.15) is 5.75 Å². The van der Waals surface area contributed by atoms with E-state index in [-0.39, 0.29) is 11.8 Å². The van der Waals surface area contributed by atoms with Gasteiger partial charge in [-0.15, -0.1) is 0 Å². The molecule has 2 aromatic carbocycles. The van der Waals surface area contributed by atoms with Crippen LogP contribution in [-0.4, -0.2) is 66.2 Å². The normalized spacial score (nSPS) is 18.5. The molecule has 0 atom stereocenters. The van der Waals surface area contributed by atoms with Gasteiger partial charge in [-0.2, -0.15) is 0 Å². The summed E-state index contributed by atoms with van der Waals surface area (Å²) in [6.45, 7) is 7.53. The molecule has 4 rings (SSSR count). The van der Waals surface area contributed by atoms with Gasteiger partial charge in [0.05, 0.1) is 30.4 Å². The number of rotatable bonds is 8. The molecule has 0 aliphatic carbocycles. The highest BCUT2D eigenvalue weighted by Crippen LogP contribution is 2.34. The lowest BCUT2D eigenvalue weighted by atomic mass is 10.1. The topological polar surface area (TPSA) is 71.4 Å². The van der Waals surface area contributed by atoms with Crippen molar-refractivity contribution in [3.63, 3.8) is 0 Å². The van der Waals surface area contributed by atoms with Crippen LogP contribution in [-0.2, 0) is 9.53 Å². The Balaban J connectivity index is 1.53. The highest BCUT2D eigenvalue weighted by atomic mass is 32.2. The zero-order valence-electron chi connectivity index (χ0n) is 20.2. The van der Waals surface area contributed by atoms with Crippen molar-refractivity contribution in [2.75, 3.05) is 39.5 Å². The third-order valence-electron chi connectivity index (χ3n) is 5.74. The average molecular weight is 494 g/mol. The van der Waals surface area contributed by atoms with Crippen LogP contribution in [0.25, 0.3) is 6.08 Å². The SMILES string of the molecule is CCCCOc1cccc(/C=C2/SC(=Nc3cccc(C(=O)N4CCOCC4)c3)N(CC)C2=O)c1. The van der Waals surface area contributed by atoms with E-state index in [2.05, 4.69) is 6.92 Å². The van der Waals surface area contributed by atoms with Crippen LogP contribution < -0.4 is 4.74 Å². The largest absolute Gasteiger partial charge is 0.494 e. The van der Waals surface area contributed by atoms with Crippen LogP contribution in [0.1, 0.15) is 42.6 Å². The van der Waals surface area contributed by atoms with Gasteiger partial charge in [0.25, 0.3) is 11.8 Å². The molecule has 35 heavy (non-hydrogen) atoms. The fraction of sp³-hybridized carbons (Fsp3) is 0.370. The van der Waals surface area contributed by atoms with Gasteiger partial charge in [0.2, 0.25) is 0 Å². The van der Waals surface area contributed by atoms with Gasteiger partial charge in [-0.3, -0.25) is 14.5 Å². The quantitative estimate of drug-likeness (QED) is 0.384. The van der Waals surface area contributed by atoms with Crippen molar-refractivity contribution in [3.8, 4) is 5.75 Å². The van der Waals surface area contributed by atoms with E-state index in [1.165, 1.54) is 11.8 Å². The van der Waals surface area contributed by atoms with Gasteiger partial charge in [0, 0.05) is 25.2 Å². The van der Waals surface area contributed by atoms with E-state index < -0.39 is 0 Å². The predicted molar refractivity (Wildman–Crippen MR) is 140 cm³/mol. The van der Waals surface area contributed by atoms with Crippen LogP contribution in [0.3, 0.4) is 0 Å². The van der Waals surface area contributed by atoms with Crippen LogP contribution in [0.15, 0.2) is 58.4 Å². The van der Waals surface area contributed by atoms with E-state index in [9.17, 15) is 9.59 Å². The van der Waals surface area contributed by atoms with Gasteiger partial charge >= 0.3 is 0 Å². The van der Waals surface area contributed by atoms with E-state index >= 15 is 0 Å². The highest BCUT2D eigenvalue weighted by molar-refractivity contribution is 8.18. The molecule has 0 N–H and O–H groups in total. The molecule has 184 valence electrons. The molecule has 2 fully saturated rings. The summed E-state index contributed by atoms with van der Waals surface area (Å²) in [6.07, 6.45) is 3.96. The fourth-order valence-corrected chi connectivity index (χ4v) is 4.88. The maximum atomic E-state index is 13.1.